The molecule has 120 valence electrons. The molecule has 0 fully saturated rings. The number of urea groups is 1. The standard InChI is InChI=1S/C16H18N4O3/c1-9-11(5-4-6-12(9)14(17)21)10-7-13(19-16(23)18-2)15(22)20(3)8-10/h4-8H,1-3H3,(H2,17,21)(H2,18,19,23). The van der Waals surface area contributed by atoms with Crippen molar-refractivity contribution in [3.8, 4) is 11.1 Å². The molecule has 0 radical (unpaired) electrons. The Hall–Kier alpha value is -3.09. The number of benzene rings is 1. The molecule has 1 heterocycles. The topological polar surface area (TPSA) is 106 Å². The summed E-state index contributed by atoms with van der Waals surface area (Å²) in [6, 6.07) is 6.28. The van der Waals surface area contributed by atoms with Crippen molar-refractivity contribution < 1.29 is 9.59 Å². The summed E-state index contributed by atoms with van der Waals surface area (Å²) >= 11 is 0. The van der Waals surface area contributed by atoms with Crippen molar-refractivity contribution >= 4 is 17.6 Å². The van der Waals surface area contributed by atoms with Gasteiger partial charge >= 0.3 is 6.03 Å². The van der Waals surface area contributed by atoms with E-state index in [1.54, 1.807) is 38.4 Å². The molecule has 0 spiro atoms. The van der Waals surface area contributed by atoms with Crippen LogP contribution in [0.25, 0.3) is 11.1 Å². The summed E-state index contributed by atoms with van der Waals surface area (Å²) in [5, 5.41) is 4.89. The first kappa shape index (κ1) is 16.3. The van der Waals surface area contributed by atoms with Gasteiger partial charge in [0.15, 0.2) is 0 Å². The van der Waals surface area contributed by atoms with E-state index < -0.39 is 11.9 Å². The Morgan fingerprint density at radius 3 is 2.57 bits per heavy atom. The molecule has 3 amide bonds. The Morgan fingerprint density at radius 1 is 1.26 bits per heavy atom. The Balaban J connectivity index is 2.61. The summed E-state index contributed by atoms with van der Waals surface area (Å²) < 4.78 is 1.37. The molecule has 0 atom stereocenters. The molecule has 2 aromatic rings. The number of pyridine rings is 1. The number of anilines is 1. The SMILES string of the molecule is CNC(=O)Nc1cc(-c2cccc(C(N)=O)c2C)cn(C)c1=O. The fourth-order valence-corrected chi connectivity index (χ4v) is 2.35. The van der Waals surface area contributed by atoms with Gasteiger partial charge in [0.05, 0.1) is 0 Å². The fourth-order valence-electron chi connectivity index (χ4n) is 2.35. The zero-order valence-corrected chi connectivity index (χ0v) is 13.1. The molecule has 0 aliphatic rings. The van der Waals surface area contributed by atoms with Crippen LogP contribution in [0.1, 0.15) is 15.9 Å². The largest absolute Gasteiger partial charge is 0.366 e. The highest BCUT2D eigenvalue weighted by Crippen LogP contribution is 2.26. The maximum Gasteiger partial charge on any atom is 0.319 e. The molecule has 0 bridgehead atoms. The van der Waals surface area contributed by atoms with Crippen LogP contribution in [-0.2, 0) is 7.05 Å². The number of aryl methyl sites for hydroxylation is 1. The van der Waals surface area contributed by atoms with E-state index >= 15 is 0 Å². The van der Waals surface area contributed by atoms with Crippen molar-refractivity contribution in [3.05, 3.63) is 51.9 Å². The molecule has 0 unspecified atom stereocenters. The number of hydrogen-bond acceptors (Lipinski definition) is 3. The van der Waals surface area contributed by atoms with Crippen LogP contribution in [0.4, 0.5) is 10.5 Å². The van der Waals surface area contributed by atoms with E-state index in [0.717, 1.165) is 5.56 Å². The van der Waals surface area contributed by atoms with Crippen LogP contribution in [0.5, 0.6) is 0 Å². The van der Waals surface area contributed by atoms with Crippen molar-refractivity contribution in [2.24, 2.45) is 12.8 Å². The Morgan fingerprint density at radius 2 is 1.96 bits per heavy atom. The number of amides is 3. The predicted octanol–water partition coefficient (Wildman–Crippen LogP) is 1.21. The second-order valence-electron chi connectivity index (χ2n) is 5.11. The van der Waals surface area contributed by atoms with Crippen molar-refractivity contribution in [1.82, 2.24) is 9.88 Å². The van der Waals surface area contributed by atoms with E-state index in [1.165, 1.54) is 11.6 Å². The summed E-state index contributed by atoms with van der Waals surface area (Å²) in [4.78, 5) is 35.1. The molecule has 23 heavy (non-hydrogen) atoms. The number of carbonyl (C=O) groups excluding carboxylic acids is 2. The van der Waals surface area contributed by atoms with Gasteiger partial charge in [-0.1, -0.05) is 12.1 Å². The average molecular weight is 314 g/mol. The van der Waals surface area contributed by atoms with E-state index in [0.29, 0.717) is 16.7 Å². The van der Waals surface area contributed by atoms with Crippen LogP contribution in [0.2, 0.25) is 0 Å². The van der Waals surface area contributed by atoms with Crippen molar-refractivity contribution in [2.45, 2.75) is 6.92 Å². The van der Waals surface area contributed by atoms with Gasteiger partial charge in [-0.15, -0.1) is 0 Å². The van der Waals surface area contributed by atoms with Crippen molar-refractivity contribution in [1.29, 1.82) is 0 Å². The smallest absolute Gasteiger partial charge is 0.319 e. The Labute approximate surface area is 133 Å². The second kappa shape index (κ2) is 6.35. The first-order valence-corrected chi connectivity index (χ1v) is 6.94. The second-order valence-corrected chi connectivity index (χ2v) is 5.11. The van der Waals surface area contributed by atoms with Crippen LogP contribution in [0.3, 0.4) is 0 Å². The van der Waals surface area contributed by atoms with Gasteiger partial charge in [0.25, 0.3) is 5.56 Å². The van der Waals surface area contributed by atoms with Crippen molar-refractivity contribution in [2.75, 3.05) is 12.4 Å². The zero-order chi connectivity index (χ0) is 17.1. The number of primary amides is 1. The fraction of sp³-hybridized carbons (Fsp3) is 0.188. The van der Waals surface area contributed by atoms with E-state index in [2.05, 4.69) is 10.6 Å². The summed E-state index contributed by atoms with van der Waals surface area (Å²) in [5.74, 6) is -0.516. The molecule has 7 heteroatoms. The molecule has 4 N–H and O–H groups in total. The normalized spacial score (nSPS) is 10.2. The van der Waals surface area contributed by atoms with Gasteiger partial charge in [-0.05, 0) is 30.2 Å². The highest BCUT2D eigenvalue weighted by Gasteiger charge is 2.13. The minimum Gasteiger partial charge on any atom is -0.366 e. The number of nitrogens with one attached hydrogen (secondary N) is 2. The maximum atomic E-state index is 12.1. The molecule has 0 aliphatic heterocycles. The summed E-state index contributed by atoms with van der Waals surface area (Å²) in [6.07, 6.45) is 1.64. The van der Waals surface area contributed by atoms with Crippen LogP contribution in [0.15, 0.2) is 35.3 Å². The molecule has 0 saturated carbocycles. The lowest BCUT2D eigenvalue weighted by atomic mass is 9.97. The predicted molar refractivity (Wildman–Crippen MR) is 88.5 cm³/mol. The first-order chi connectivity index (χ1) is 10.8. The van der Waals surface area contributed by atoms with Crippen LogP contribution in [-0.4, -0.2) is 23.6 Å². The summed E-state index contributed by atoms with van der Waals surface area (Å²) in [5.41, 5.74) is 7.77. The number of nitrogens with two attached hydrogens (primary N) is 1. The number of aromatic nitrogens is 1. The number of hydrogen-bond donors (Lipinski definition) is 3. The minimum absolute atomic E-state index is 0.147. The quantitative estimate of drug-likeness (QED) is 0.792. The molecule has 0 saturated heterocycles. The molecule has 1 aromatic carbocycles. The molecule has 1 aromatic heterocycles. The highest BCUT2D eigenvalue weighted by molar-refractivity contribution is 5.96. The van der Waals surface area contributed by atoms with Crippen LogP contribution >= 0.6 is 0 Å². The van der Waals surface area contributed by atoms with Crippen LogP contribution in [0, 0.1) is 6.92 Å². The number of rotatable bonds is 3. The Bertz CT molecular complexity index is 840. The first-order valence-electron chi connectivity index (χ1n) is 6.94. The lowest BCUT2D eigenvalue weighted by Gasteiger charge is -2.13. The summed E-state index contributed by atoms with van der Waals surface area (Å²) in [7, 11) is 3.05. The van der Waals surface area contributed by atoms with Gasteiger partial charge < -0.3 is 20.9 Å². The van der Waals surface area contributed by atoms with Gasteiger partial charge in [0, 0.05) is 31.4 Å². The van der Waals surface area contributed by atoms with E-state index in [1.807, 2.05) is 6.07 Å². The van der Waals surface area contributed by atoms with E-state index in [9.17, 15) is 14.4 Å². The summed E-state index contributed by atoms with van der Waals surface area (Å²) in [6.45, 7) is 1.78. The van der Waals surface area contributed by atoms with Gasteiger partial charge in [-0.2, -0.15) is 0 Å². The van der Waals surface area contributed by atoms with Crippen molar-refractivity contribution in [3.63, 3.8) is 0 Å². The number of carbonyl (C=O) groups is 2. The van der Waals surface area contributed by atoms with Crippen LogP contribution < -0.4 is 21.9 Å². The lowest BCUT2D eigenvalue weighted by Crippen LogP contribution is -2.29. The lowest BCUT2D eigenvalue weighted by molar-refractivity contribution is 0.0999. The third-order valence-corrected chi connectivity index (χ3v) is 3.57. The monoisotopic (exact) mass is 314 g/mol. The van der Waals surface area contributed by atoms with Gasteiger partial charge in [0.1, 0.15) is 5.69 Å². The molecule has 2 rings (SSSR count). The Kier molecular flexibility index (Phi) is 4.49. The minimum atomic E-state index is -0.516. The zero-order valence-electron chi connectivity index (χ0n) is 13.1. The molecule has 0 aliphatic carbocycles. The average Bonchev–Trinajstić information content (AvgIpc) is 2.51. The van der Waals surface area contributed by atoms with E-state index in [-0.39, 0.29) is 11.2 Å². The molecular weight excluding hydrogens is 296 g/mol. The van der Waals surface area contributed by atoms with Gasteiger partial charge in [-0.25, -0.2) is 4.79 Å². The molecular formula is C16H18N4O3. The van der Waals surface area contributed by atoms with Gasteiger partial charge in [-0.3, -0.25) is 9.59 Å². The molecule has 7 nitrogen and oxygen atoms in total. The highest BCUT2D eigenvalue weighted by atomic mass is 16.2. The maximum absolute atomic E-state index is 12.1. The third-order valence-electron chi connectivity index (χ3n) is 3.57. The number of nitrogens with zero attached hydrogens (tertiary/aromatic N) is 1. The van der Waals surface area contributed by atoms with Gasteiger partial charge in [0.2, 0.25) is 5.91 Å². The third kappa shape index (κ3) is 3.23. The van der Waals surface area contributed by atoms with E-state index in [4.69, 9.17) is 5.73 Å².